The van der Waals surface area contributed by atoms with Gasteiger partial charge in [0.15, 0.2) is 18.0 Å². The summed E-state index contributed by atoms with van der Waals surface area (Å²) in [5, 5.41) is 12.1. The van der Waals surface area contributed by atoms with Gasteiger partial charge >= 0.3 is 0 Å². The van der Waals surface area contributed by atoms with Gasteiger partial charge in [0, 0.05) is 18.1 Å². The van der Waals surface area contributed by atoms with E-state index in [-0.39, 0.29) is 0 Å². The van der Waals surface area contributed by atoms with Crippen LogP contribution in [-0.2, 0) is 5.72 Å². The van der Waals surface area contributed by atoms with Gasteiger partial charge in [-0.25, -0.2) is 0 Å². The standard InChI is InChI=1S/C24H29N2O4/c1-2-28-20-10-7-18(8-11-20)24(27)17-25-13-5-3-4-6-23(25)26(24)19-9-12-21-22(16-19)30-15-14-29-21/h7-12,16,27H,2-6,13-15,17H2,1H3/q+1/t24-/m0/s1. The number of aliphatic hydroxyl groups is 1. The quantitative estimate of drug-likeness (QED) is 0.784. The van der Waals surface area contributed by atoms with Gasteiger partial charge < -0.3 is 19.3 Å². The molecular weight excluding hydrogens is 380 g/mol. The van der Waals surface area contributed by atoms with Crippen molar-refractivity contribution in [3.05, 3.63) is 48.0 Å². The van der Waals surface area contributed by atoms with E-state index in [1.165, 1.54) is 12.3 Å². The van der Waals surface area contributed by atoms with Crippen LogP contribution >= 0.6 is 0 Å². The van der Waals surface area contributed by atoms with Gasteiger partial charge in [-0.1, -0.05) is 0 Å². The van der Waals surface area contributed by atoms with Crippen LogP contribution in [0.4, 0.5) is 5.69 Å². The van der Waals surface area contributed by atoms with Crippen LogP contribution in [0.25, 0.3) is 0 Å². The molecule has 3 aliphatic rings. The van der Waals surface area contributed by atoms with E-state index in [1.54, 1.807) is 0 Å². The number of benzene rings is 2. The SMILES string of the molecule is CCOc1ccc([C@@]2(O)C[N+]3=C(CCCCC3)N2c2ccc3c(c2)OCCO3)cc1. The largest absolute Gasteiger partial charge is 0.494 e. The lowest BCUT2D eigenvalue weighted by molar-refractivity contribution is -0.534. The molecule has 0 bridgehead atoms. The van der Waals surface area contributed by atoms with Crippen LogP contribution in [0.3, 0.4) is 0 Å². The molecule has 3 heterocycles. The molecule has 6 heteroatoms. The molecule has 0 radical (unpaired) electrons. The summed E-state index contributed by atoms with van der Waals surface area (Å²) in [6, 6.07) is 13.8. The highest BCUT2D eigenvalue weighted by molar-refractivity contribution is 5.97. The molecule has 1 atom stereocenters. The van der Waals surface area contributed by atoms with Crippen molar-refractivity contribution in [3.8, 4) is 17.2 Å². The fraction of sp³-hybridized carbons (Fsp3) is 0.458. The maximum Gasteiger partial charge on any atom is 0.275 e. The van der Waals surface area contributed by atoms with Crippen molar-refractivity contribution in [1.82, 2.24) is 0 Å². The molecule has 0 fully saturated rings. The van der Waals surface area contributed by atoms with Crippen molar-refractivity contribution >= 4 is 11.5 Å². The highest BCUT2D eigenvalue weighted by atomic mass is 16.6. The van der Waals surface area contributed by atoms with Gasteiger partial charge in [-0.05, 0) is 62.6 Å². The minimum Gasteiger partial charge on any atom is -0.494 e. The van der Waals surface area contributed by atoms with Gasteiger partial charge in [-0.3, -0.25) is 4.58 Å². The van der Waals surface area contributed by atoms with E-state index in [2.05, 4.69) is 9.48 Å². The van der Waals surface area contributed by atoms with Crippen LogP contribution in [0.1, 0.15) is 38.2 Å². The third kappa shape index (κ3) is 3.29. The minimum atomic E-state index is -1.15. The van der Waals surface area contributed by atoms with E-state index in [0.29, 0.717) is 26.4 Å². The molecule has 0 saturated carbocycles. The Morgan fingerprint density at radius 2 is 1.83 bits per heavy atom. The first-order chi connectivity index (χ1) is 14.7. The van der Waals surface area contributed by atoms with Crippen molar-refractivity contribution in [2.75, 3.05) is 37.8 Å². The molecule has 1 N–H and O–H groups in total. The van der Waals surface area contributed by atoms with Gasteiger partial charge in [0.1, 0.15) is 24.7 Å². The Kier molecular flexibility index (Phi) is 5.03. The molecule has 158 valence electrons. The van der Waals surface area contributed by atoms with Gasteiger partial charge in [0.2, 0.25) is 0 Å². The number of ether oxygens (including phenoxy) is 3. The predicted octanol–water partition coefficient (Wildman–Crippen LogP) is 3.51. The zero-order valence-corrected chi connectivity index (χ0v) is 17.5. The molecule has 5 rings (SSSR count). The number of rotatable bonds is 4. The van der Waals surface area contributed by atoms with Crippen LogP contribution in [0.2, 0.25) is 0 Å². The topological polar surface area (TPSA) is 54.2 Å². The Morgan fingerprint density at radius 1 is 1.03 bits per heavy atom. The first-order valence-electron chi connectivity index (χ1n) is 11.0. The molecule has 0 amide bonds. The summed E-state index contributed by atoms with van der Waals surface area (Å²) in [5.41, 5.74) is 0.637. The highest BCUT2D eigenvalue weighted by Gasteiger charge is 2.54. The van der Waals surface area contributed by atoms with Gasteiger partial charge in [-0.15, -0.1) is 0 Å². The number of fused-ring (bicyclic) bond motifs is 1. The smallest absolute Gasteiger partial charge is 0.275 e. The van der Waals surface area contributed by atoms with Crippen molar-refractivity contribution in [2.24, 2.45) is 0 Å². The van der Waals surface area contributed by atoms with Crippen LogP contribution in [0.5, 0.6) is 17.2 Å². The zero-order chi connectivity index (χ0) is 20.6. The second kappa shape index (κ2) is 7.84. The number of hydrogen-bond acceptors (Lipinski definition) is 5. The van der Waals surface area contributed by atoms with E-state index in [0.717, 1.165) is 54.3 Å². The highest BCUT2D eigenvalue weighted by Crippen LogP contribution is 2.42. The number of hydrogen-bond donors (Lipinski definition) is 1. The van der Waals surface area contributed by atoms with E-state index in [4.69, 9.17) is 14.2 Å². The summed E-state index contributed by atoms with van der Waals surface area (Å²) in [6.07, 6.45) is 4.45. The number of nitrogens with zero attached hydrogens (tertiary/aromatic N) is 2. The van der Waals surface area contributed by atoms with Crippen LogP contribution in [-0.4, -0.2) is 48.4 Å². The molecule has 30 heavy (non-hydrogen) atoms. The molecule has 0 aliphatic carbocycles. The summed E-state index contributed by atoms with van der Waals surface area (Å²) in [6.45, 7) is 5.22. The summed E-state index contributed by atoms with van der Waals surface area (Å²) >= 11 is 0. The normalized spacial score (nSPS) is 23.2. The van der Waals surface area contributed by atoms with Crippen LogP contribution in [0, 0.1) is 0 Å². The lowest BCUT2D eigenvalue weighted by Gasteiger charge is -2.30. The Morgan fingerprint density at radius 3 is 2.63 bits per heavy atom. The van der Waals surface area contributed by atoms with Crippen LogP contribution < -0.4 is 19.1 Å². The van der Waals surface area contributed by atoms with Crippen molar-refractivity contribution in [2.45, 2.75) is 38.3 Å². The zero-order valence-electron chi connectivity index (χ0n) is 17.5. The number of amidine groups is 1. The fourth-order valence-corrected chi connectivity index (χ4v) is 4.76. The average Bonchev–Trinajstić information content (AvgIpc) is 2.90. The van der Waals surface area contributed by atoms with E-state index < -0.39 is 5.72 Å². The van der Waals surface area contributed by atoms with E-state index in [9.17, 15) is 5.11 Å². The monoisotopic (exact) mass is 409 g/mol. The molecule has 0 spiro atoms. The summed E-state index contributed by atoms with van der Waals surface area (Å²) < 4.78 is 19.5. The molecule has 2 aromatic rings. The Hall–Kier alpha value is -2.73. The Bertz CT molecular complexity index is 956. The fourth-order valence-electron chi connectivity index (χ4n) is 4.76. The molecule has 0 saturated heterocycles. The lowest BCUT2D eigenvalue weighted by atomic mass is 9.99. The average molecular weight is 410 g/mol. The minimum absolute atomic E-state index is 0.544. The third-order valence-corrected chi connectivity index (χ3v) is 6.14. The van der Waals surface area contributed by atoms with Gasteiger partial charge in [-0.2, -0.15) is 4.90 Å². The Labute approximate surface area is 177 Å². The van der Waals surface area contributed by atoms with Crippen molar-refractivity contribution < 1.29 is 23.9 Å². The molecule has 2 aromatic carbocycles. The second-order valence-corrected chi connectivity index (χ2v) is 8.09. The molecule has 0 unspecified atom stereocenters. The number of anilines is 1. The molecule has 0 aromatic heterocycles. The summed E-state index contributed by atoms with van der Waals surface area (Å²) in [4.78, 5) is 2.10. The lowest BCUT2D eigenvalue weighted by Crippen LogP contribution is -2.47. The van der Waals surface area contributed by atoms with E-state index >= 15 is 0 Å². The third-order valence-electron chi connectivity index (χ3n) is 6.14. The van der Waals surface area contributed by atoms with Crippen molar-refractivity contribution in [1.29, 1.82) is 0 Å². The van der Waals surface area contributed by atoms with E-state index in [1.807, 2.05) is 49.4 Å². The molecule has 6 nitrogen and oxygen atoms in total. The van der Waals surface area contributed by atoms with Crippen LogP contribution in [0.15, 0.2) is 42.5 Å². The maximum absolute atomic E-state index is 12.1. The first-order valence-corrected chi connectivity index (χ1v) is 11.0. The van der Waals surface area contributed by atoms with Gasteiger partial charge in [0.25, 0.3) is 11.6 Å². The Balaban J connectivity index is 1.58. The first kappa shape index (κ1) is 19.2. The predicted molar refractivity (Wildman–Crippen MR) is 115 cm³/mol. The second-order valence-electron chi connectivity index (χ2n) is 8.09. The van der Waals surface area contributed by atoms with Gasteiger partial charge in [0.05, 0.1) is 13.2 Å². The molecule has 3 aliphatic heterocycles. The summed E-state index contributed by atoms with van der Waals surface area (Å²) in [7, 11) is 0. The summed E-state index contributed by atoms with van der Waals surface area (Å²) in [5.74, 6) is 3.49. The van der Waals surface area contributed by atoms with Crippen molar-refractivity contribution in [3.63, 3.8) is 0 Å². The molecular formula is C24H29N2O4+. The maximum atomic E-state index is 12.1.